The van der Waals surface area contributed by atoms with E-state index < -0.39 is 18.0 Å². The maximum atomic E-state index is 12.1. The van der Waals surface area contributed by atoms with Crippen molar-refractivity contribution in [3.8, 4) is 0 Å². The van der Waals surface area contributed by atoms with Crippen LogP contribution in [0.3, 0.4) is 0 Å². The van der Waals surface area contributed by atoms with E-state index in [4.69, 9.17) is 0 Å². The number of aliphatic carboxylic acids is 1. The molecule has 0 radical (unpaired) electrons. The van der Waals surface area contributed by atoms with Gasteiger partial charge in [-0.1, -0.05) is 129 Å². The third-order valence-electron chi connectivity index (χ3n) is 7.63. The molecule has 0 aromatic rings. The predicted octanol–water partition coefficient (Wildman–Crippen LogP) is 9.22. The first-order chi connectivity index (χ1) is 17.6. The molecule has 0 rings (SSSR count). The van der Waals surface area contributed by atoms with E-state index in [0.29, 0.717) is 12.8 Å². The van der Waals surface area contributed by atoms with Crippen molar-refractivity contribution in [1.29, 1.82) is 0 Å². The van der Waals surface area contributed by atoms with Crippen LogP contribution in [0.15, 0.2) is 12.2 Å². The summed E-state index contributed by atoms with van der Waals surface area (Å²) in [6.07, 6.45) is 30.3. The topological polar surface area (TPSA) is 77.8 Å². The molecular weight excluding hydrogens is 448 g/mol. The van der Waals surface area contributed by atoms with Gasteiger partial charge in [-0.25, -0.2) is 0 Å². The van der Waals surface area contributed by atoms with Crippen LogP contribution in [0.5, 0.6) is 0 Å². The van der Waals surface area contributed by atoms with Crippen LogP contribution >= 0.6 is 0 Å². The van der Waals surface area contributed by atoms with E-state index in [1.165, 1.54) is 89.9 Å². The quantitative estimate of drug-likeness (QED) is 0.0724. The van der Waals surface area contributed by atoms with Crippen LogP contribution in [0.4, 0.5) is 0 Å². The van der Waals surface area contributed by atoms with Crippen LogP contribution in [-0.2, 0) is 4.79 Å². The van der Waals surface area contributed by atoms with Crippen LogP contribution in [0.25, 0.3) is 0 Å². The van der Waals surface area contributed by atoms with Gasteiger partial charge in [0.15, 0.2) is 0 Å². The first-order valence-corrected chi connectivity index (χ1v) is 15.7. The van der Waals surface area contributed by atoms with Crippen molar-refractivity contribution in [2.45, 2.75) is 168 Å². The zero-order chi connectivity index (χ0) is 26.7. The fraction of sp³-hybridized carbons (Fsp3) is 0.906. The van der Waals surface area contributed by atoms with Crippen molar-refractivity contribution >= 4 is 5.97 Å². The highest BCUT2D eigenvalue weighted by molar-refractivity contribution is 5.70. The Bertz CT molecular complexity index is 491. The molecule has 36 heavy (non-hydrogen) atoms. The van der Waals surface area contributed by atoms with E-state index in [1.54, 1.807) is 0 Å². The number of rotatable bonds is 28. The highest BCUT2D eigenvalue weighted by Crippen LogP contribution is 2.29. The monoisotopic (exact) mass is 510 g/mol. The molecular formula is C32H62O4. The molecule has 0 aliphatic carbocycles. The summed E-state index contributed by atoms with van der Waals surface area (Å²) in [6, 6.07) is 0. The molecule has 3 atom stereocenters. The third kappa shape index (κ3) is 22.3. The molecule has 0 bridgehead atoms. The predicted molar refractivity (Wildman–Crippen MR) is 154 cm³/mol. The fourth-order valence-corrected chi connectivity index (χ4v) is 5.27. The van der Waals surface area contributed by atoms with Crippen LogP contribution in [0.2, 0.25) is 0 Å². The highest BCUT2D eigenvalue weighted by atomic mass is 16.4. The zero-order valence-corrected chi connectivity index (χ0v) is 24.1. The van der Waals surface area contributed by atoms with Gasteiger partial charge in [-0.05, 0) is 50.9 Å². The second-order valence-corrected chi connectivity index (χ2v) is 11.1. The average Bonchev–Trinajstić information content (AvgIpc) is 2.87. The minimum absolute atomic E-state index is 0.0466. The summed E-state index contributed by atoms with van der Waals surface area (Å²) in [6.45, 7) is 4.20. The molecule has 214 valence electrons. The number of carboxylic acid groups (broad SMARTS) is 1. The number of hydrogen-bond donors (Lipinski definition) is 3. The summed E-state index contributed by atoms with van der Waals surface area (Å²) in [5.74, 6) is -1.19. The van der Waals surface area contributed by atoms with Gasteiger partial charge in [0, 0.05) is 0 Å². The summed E-state index contributed by atoms with van der Waals surface area (Å²) in [4.78, 5) is 12.1. The molecule has 0 saturated carbocycles. The molecule has 3 unspecified atom stereocenters. The Balaban J connectivity index is 4.15. The van der Waals surface area contributed by atoms with Crippen LogP contribution in [-0.4, -0.2) is 34.0 Å². The van der Waals surface area contributed by atoms with Crippen molar-refractivity contribution in [3.05, 3.63) is 12.2 Å². The number of hydrogen-bond acceptors (Lipinski definition) is 3. The van der Waals surface area contributed by atoms with Gasteiger partial charge < -0.3 is 15.3 Å². The number of carboxylic acids is 1. The van der Waals surface area contributed by atoms with E-state index in [9.17, 15) is 20.1 Å². The summed E-state index contributed by atoms with van der Waals surface area (Å²) < 4.78 is 0. The number of unbranched alkanes of at least 4 members (excludes halogenated alkanes) is 17. The molecule has 0 aromatic carbocycles. The van der Waals surface area contributed by atoms with E-state index in [-0.39, 0.29) is 12.5 Å². The lowest BCUT2D eigenvalue weighted by Crippen LogP contribution is -2.28. The Morgan fingerprint density at radius 1 is 0.639 bits per heavy atom. The minimum Gasteiger partial charge on any atom is -0.481 e. The number of carbonyl (C=O) groups is 1. The standard InChI is InChI=1S/C32H62O4/c1-3-5-7-9-11-13-14-15-16-17-18-20-22-24-26-31(32(35)36)29(27-30(34)28-33)25-23-21-19-12-10-8-6-4-2/h15-16,29-31,33-34H,3-14,17-28H2,1-2H3,(H,35,36)/b16-15-. The van der Waals surface area contributed by atoms with Crippen LogP contribution in [0.1, 0.15) is 162 Å². The molecule has 0 aliphatic heterocycles. The summed E-state index contributed by atoms with van der Waals surface area (Å²) >= 11 is 0. The Kier molecular flexibility index (Phi) is 26.5. The molecule has 0 aliphatic rings. The fourth-order valence-electron chi connectivity index (χ4n) is 5.27. The Labute approximate surface area is 224 Å². The molecule has 0 amide bonds. The van der Waals surface area contributed by atoms with E-state index in [0.717, 1.165) is 44.9 Å². The molecule has 4 nitrogen and oxygen atoms in total. The van der Waals surface area contributed by atoms with E-state index in [2.05, 4.69) is 26.0 Å². The highest BCUT2D eigenvalue weighted by Gasteiger charge is 2.29. The number of aliphatic hydroxyl groups is 2. The first kappa shape index (κ1) is 35.1. The van der Waals surface area contributed by atoms with Gasteiger partial charge >= 0.3 is 5.97 Å². The minimum atomic E-state index is -0.811. The Morgan fingerprint density at radius 3 is 1.50 bits per heavy atom. The molecule has 3 N–H and O–H groups in total. The first-order valence-electron chi connectivity index (χ1n) is 15.7. The smallest absolute Gasteiger partial charge is 0.306 e. The SMILES string of the molecule is CCCCCCCC/C=C\CCCCCCC(C(=O)O)C(CCCCCCCCCC)CC(O)CO. The number of aliphatic hydroxyl groups excluding tert-OH is 2. The van der Waals surface area contributed by atoms with Gasteiger partial charge in [-0.3, -0.25) is 4.79 Å². The second-order valence-electron chi connectivity index (χ2n) is 11.1. The van der Waals surface area contributed by atoms with Crippen molar-refractivity contribution in [2.75, 3.05) is 6.61 Å². The third-order valence-corrected chi connectivity index (χ3v) is 7.63. The Morgan fingerprint density at radius 2 is 1.06 bits per heavy atom. The van der Waals surface area contributed by atoms with Crippen LogP contribution in [0, 0.1) is 11.8 Å². The van der Waals surface area contributed by atoms with Gasteiger partial charge in [0.2, 0.25) is 0 Å². The van der Waals surface area contributed by atoms with Crippen LogP contribution < -0.4 is 0 Å². The van der Waals surface area contributed by atoms with Crippen molar-refractivity contribution < 1.29 is 20.1 Å². The molecule has 0 heterocycles. The van der Waals surface area contributed by atoms with Gasteiger partial charge in [0.25, 0.3) is 0 Å². The van der Waals surface area contributed by atoms with Gasteiger partial charge in [0.05, 0.1) is 18.6 Å². The summed E-state index contributed by atoms with van der Waals surface area (Å²) in [5, 5.41) is 29.3. The summed E-state index contributed by atoms with van der Waals surface area (Å²) in [5.41, 5.74) is 0. The molecule has 0 saturated heterocycles. The van der Waals surface area contributed by atoms with Gasteiger partial charge in [0.1, 0.15) is 0 Å². The molecule has 0 spiro atoms. The molecule has 0 fully saturated rings. The maximum absolute atomic E-state index is 12.1. The normalized spacial score (nSPS) is 14.3. The number of allylic oxidation sites excluding steroid dienone is 2. The van der Waals surface area contributed by atoms with Crippen molar-refractivity contribution in [3.63, 3.8) is 0 Å². The lowest BCUT2D eigenvalue weighted by molar-refractivity contribution is -0.144. The second kappa shape index (κ2) is 27.2. The van der Waals surface area contributed by atoms with Crippen molar-refractivity contribution in [2.24, 2.45) is 11.8 Å². The zero-order valence-electron chi connectivity index (χ0n) is 24.1. The maximum Gasteiger partial charge on any atom is 0.306 e. The Hall–Kier alpha value is -0.870. The lowest BCUT2D eigenvalue weighted by Gasteiger charge is -2.26. The lowest BCUT2D eigenvalue weighted by atomic mass is 9.80. The van der Waals surface area contributed by atoms with Gasteiger partial charge in [-0.15, -0.1) is 0 Å². The summed E-state index contributed by atoms with van der Waals surface area (Å²) in [7, 11) is 0. The van der Waals surface area contributed by atoms with Gasteiger partial charge in [-0.2, -0.15) is 0 Å². The van der Waals surface area contributed by atoms with E-state index in [1.807, 2.05) is 0 Å². The largest absolute Gasteiger partial charge is 0.481 e. The molecule has 4 heteroatoms. The molecule has 0 aromatic heterocycles. The van der Waals surface area contributed by atoms with E-state index >= 15 is 0 Å². The van der Waals surface area contributed by atoms with Crippen molar-refractivity contribution in [1.82, 2.24) is 0 Å². The average molecular weight is 511 g/mol.